The third-order valence-electron chi connectivity index (χ3n) is 5.35. The molecule has 3 aliphatic rings. The topological polar surface area (TPSA) is 70.8 Å². The van der Waals surface area contributed by atoms with Gasteiger partial charge in [-0.15, -0.1) is 0 Å². The van der Waals surface area contributed by atoms with Gasteiger partial charge >= 0.3 is 0 Å². The molecule has 0 aromatic carbocycles. The number of likely N-dealkylation sites (tertiary alicyclic amines) is 1. The van der Waals surface area contributed by atoms with Crippen LogP contribution in [0.25, 0.3) is 0 Å². The van der Waals surface area contributed by atoms with Crippen molar-refractivity contribution in [2.75, 3.05) is 39.6 Å². The van der Waals surface area contributed by atoms with Crippen LogP contribution in [-0.4, -0.2) is 75.3 Å². The number of allylic oxidation sites excluding steroid dienone is 2. The Balaban J connectivity index is 1.64. The molecule has 0 amide bonds. The highest BCUT2D eigenvalue weighted by Crippen LogP contribution is 2.29. The maximum Gasteiger partial charge on any atom is 0.186 e. The van der Waals surface area contributed by atoms with Crippen molar-refractivity contribution in [1.29, 1.82) is 0 Å². The van der Waals surface area contributed by atoms with E-state index in [-0.39, 0.29) is 17.6 Å². The lowest BCUT2D eigenvalue weighted by molar-refractivity contribution is 0.106. The molecule has 2 unspecified atom stereocenters. The van der Waals surface area contributed by atoms with E-state index < -0.39 is 5.83 Å². The summed E-state index contributed by atoms with van der Waals surface area (Å²) in [5.74, 6) is -0.0757. The average molecular weight is 440 g/mol. The van der Waals surface area contributed by atoms with Crippen molar-refractivity contribution in [1.82, 2.24) is 10.2 Å². The van der Waals surface area contributed by atoms with E-state index in [1.807, 2.05) is 0 Å². The summed E-state index contributed by atoms with van der Waals surface area (Å²) >= 11 is 5.92. The highest BCUT2D eigenvalue weighted by atomic mass is 35.5. The van der Waals surface area contributed by atoms with E-state index in [4.69, 9.17) is 21.1 Å². The molecule has 166 valence electrons. The Hall–Kier alpha value is -1.61. The molecule has 1 N–H and O–H groups in total. The lowest BCUT2D eigenvalue weighted by atomic mass is 10.1. The minimum Gasteiger partial charge on any atom is -0.381 e. The van der Waals surface area contributed by atoms with Crippen LogP contribution in [0.4, 0.5) is 4.39 Å². The first-order chi connectivity index (χ1) is 14.6. The fourth-order valence-corrected chi connectivity index (χ4v) is 4.07. The number of piperazine rings is 1. The predicted octanol–water partition coefficient (Wildman–Crippen LogP) is 3.42. The van der Waals surface area contributed by atoms with E-state index in [2.05, 4.69) is 38.8 Å². The molecule has 0 aromatic heterocycles. The number of nitrogens with zero attached hydrogens (tertiary/aromatic N) is 4. The molecular formula is C21H31ClFN5O2. The lowest BCUT2D eigenvalue weighted by Crippen LogP contribution is -2.50. The van der Waals surface area contributed by atoms with Crippen LogP contribution in [0.15, 0.2) is 37.4 Å². The predicted molar refractivity (Wildman–Crippen MR) is 119 cm³/mol. The third kappa shape index (κ3) is 5.97. The Bertz CT molecular complexity index is 725. The van der Waals surface area contributed by atoms with Crippen molar-refractivity contribution in [3.63, 3.8) is 0 Å². The minimum atomic E-state index is -0.662. The second kappa shape index (κ2) is 11.7. The number of rotatable bonds is 11. The molecule has 2 fully saturated rings. The summed E-state index contributed by atoms with van der Waals surface area (Å²) in [7, 11) is 0. The van der Waals surface area contributed by atoms with E-state index in [9.17, 15) is 4.39 Å². The van der Waals surface area contributed by atoms with Gasteiger partial charge in [-0.05, 0) is 38.8 Å². The standard InChI is InChI=1S/C21H31ClFN5O2/c1-3-8-29-9-4-5-10-30-14-26-19-17(11-25-20(22)18(19)23)21(24-2)28-12-15-6-7-16(13-28)27-15/h11,15-16,27H,2-10,12-14H2,1H3/b21-17+,26-19+. The largest absolute Gasteiger partial charge is 0.381 e. The van der Waals surface area contributed by atoms with Crippen molar-refractivity contribution in [2.45, 2.75) is 51.1 Å². The molecule has 0 aromatic rings. The van der Waals surface area contributed by atoms with Gasteiger partial charge in [0.1, 0.15) is 18.3 Å². The molecule has 0 aliphatic carbocycles. The second-order valence-electron chi connectivity index (χ2n) is 7.66. The lowest BCUT2D eigenvalue weighted by Gasteiger charge is -2.35. The van der Waals surface area contributed by atoms with Crippen molar-refractivity contribution in [3.8, 4) is 0 Å². The van der Waals surface area contributed by atoms with Crippen LogP contribution in [0.3, 0.4) is 0 Å². The monoisotopic (exact) mass is 439 g/mol. The van der Waals surface area contributed by atoms with Crippen molar-refractivity contribution in [3.05, 3.63) is 22.4 Å². The van der Waals surface area contributed by atoms with Crippen LogP contribution >= 0.6 is 11.6 Å². The Morgan fingerprint density at radius 1 is 1.27 bits per heavy atom. The van der Waals surface area contributed by atoms with Gasteiger partial charge in [0.15, 0.2) is 11.0 Å². The van der Waals surface area contributed by atoms with Crippen LogP contribution in [0, 0.1) is 0 Å². The summed E-state index contributed by atoms with van der Waals surface area (Å²) in [6, 6.07) is 0.825. The summed E-state index contributed by atoms with van der Waals surface area (Å²) in [5, 5.41) is 3.36. The van der Waals surface area contributed by atoms with Crippen LogP contribution in [0.2, 0.25) is 0 Å². The molecule has 9 heteroatoms. The number of nitrogens with one attached hydrogen (secondary N) is 1. The molecule has 0 saturated carbocycles. The van der Waals surface area contributed by atoms with E-state index in [0.29, 0.717) is 30.1 Å². The molecule has 0 spiro atoms. The first kappa shape index (κ1) is 23.1. The molecule has 2 atom stereocenters. The zero-order valence-electron chi connectivity index (χ0n) is 17.6. The Labute approximate surface area is 182 Å². The number of hydrogen-bond acceptors (Lipinski definition) is 7. The van der Waals surface area contributed by atoms with Gasteiger partial charge in [-0.25, -0.2) is 14.4 Å². The summed E-state index contributed by atoms with van der Waals surface area (Å²) in [6.45, 7) is 9.47. The molecule has 2 bridgehead atoms. The highest BCUT2D eigenvalue weighted by Gasteiger charge is 2.35. The van der Waals surface area contributed by atoms with Gasteiger partial charge in [-0.2, -0.15) is 0 Å². The molecule has 3 heterocycles. The first-order valence-corrected chi connectivity index (χ1v) is 11.0. The zero-order valence-corrected chi connectivity index (χ0v) is 18.3. The molecule has 0 radical (unpaired) electrons. The number of unbranched alkanes of at least 4 members (excludes halogenated alkanes) is 1. The van der Waals surface area contributed by atoms with Gasteiger partial charge in [-0.3, -0.25) is 4.99 Å². The van der Waals surface area contributed by atoms with Gasteiger partial charge in [0, 0.05) is 51.2 Å². The minimum absolute atomic E-state index is 0.0390. The fraction of sp³-hybridized carbons (Fsp3) is 0.667. The number of hydrogen-bond donors (Lipinski definition) is 1. The molecule has 2 saturated heterocycles. The van der Waals surface area contributed by atoms with Crippen LogP contribution < -0.4 is 5.32 Å². The number of fused-ring (bicyclic) bond motifs is 2. The van der Waals surface area contributed by atoms with Gasteiger partial charge in [0.2, 0.25) is 0 Å². The summed E-state index contributed by atoms with van der Waals surface area (Å²) in [5.41, 5.74) is 0.610. The Kier molecular flexibility index (Phi) is 8.99. The summed E-state index contributed by atoms with van der Waals surface area (Å²) in [6.07, 6.45) is 6.58. The third-order valence-corrected chi connectivity index (χ3v) is 5.61. The van der Waals surface area contributed by atoms with Crippen molar-refractivity contribution in [2.24, 2.45) is 15.0 Å². The first-order valence-electron chi connectivity index (χ1n) is 10.7. The Morgan fingerprint density at radius 2 is 1.97 bits per heavy atom. The second-order valence-corrected chi connectivity index (χ2v) is 8.02. The van der Waals surface area contributed by atoms with Gasteiger partial charge in [0.25, 0.3) is 0 Å². The van der Waals surface area contributed by atoms with Gasteiger partial charge in [-0.1, -0.05) is 18.5 Å². The summed E-state index contributed by atoms with van der Waals surface area (Å²) < 4.78 is 25.8. The molecule has 3 rings (SSSR count). The smallest absolute Gasteiger partial charge is 0.186 e. The van der Waals surface area contributed by atoms with E-state index >= 15 is 0 Å². The SMILES string of the molecule is C=N/C(=C1/C=NC(Cl)=C(F)/C1=N/COCCCCOCCC)N1CC2CCC(C1)N2. The maximum absolute atomic E-state index is 14.8. The normalized spacial score (nSPS) is 26.6. The van der Waals surface area contributed by atoms with Crippen molar-refractivity contribution < 1.29 is 13.9 Å². The molecule has 30 heavy (non-hydrogen) atoms. The zero-order chi connectivity index (χ0) is 21.3. The van der Waals surface area contributed by atoms with E-state index in [1.54, 1.807) is 0 Å². The van der Waals surface area contributed by atoms with Crippen molar-refractivity contribution >= 4 is 30.2 Å². The average Bonchev–Trinajstić information content (AvgIpc) is 3.09. The highest BCUT2D eigenvalue weighted by molar-refractivity contribution is 6.37. The number of ether oxygens (including phenoxy) is 2. The number of aliphatic imine (C=N–C) groups is 3. The van der Waals surface area contributed by atoms with E-state index in [1.165, 1.54) is 6.21 Å². The molecular weight excluding hydrogens is 409 g/mol. The van der Waals surface area contributed by atoms with Gasteiger partial charge in [0.05, 0.1) is 5.57 Å². The fourth-order valence-electron chi connectivity index (χ4n) is 3.93. The van der Waals surface area contributed by atoms with Crippen LogP contribution in [0.1, 0.15) is 39.0 Å². The summed E-state index contributed by atoms with van der Waals surface area (Å²) in [4.78, 5) is 14.6. The molecule has 3 aliphatic heterocycles. The Morgan fingerprint density at radius 3 is 2.63 bits per heavy atom. The van der Waals surface area contributed by atoms with E-state index in [0.717, 1.165) is 58.4 Å². The maximum atomic E-state index is 14.8. The quantitative estimate of drug-likeness (QED) is 0.304. The van der Waals surface area contributed by atoms with Crippen LogP contribution in [0.5, 0.6) is 0 Å². The van der Waals surface area contributed by atoms with Gasteiger partial charge < -0.3 is 19.7 Å². The molecule has 7 nitrogen and oxygen atoms in total. The van der Waals surface area contributed by atoms with Crippen LogP contribution in [-0.2, 0) is 9.47 Å². The number of halogens is 2.